The second-order valence-electron chi connectivity index (χ2n) is 8.92. The zero-order chi connectivity index (χ0) is 22.9. The van der Waals surface area contributed by atoms with E-state index in [4.69, 9.17) is 4.74 Å². The van der Waals surface area contributed by atoms with E-state index in [1.54, 1.807) is 0 Å². The number of rotatable bonds is 10. The molecule has 0 radical (unpaired) electrons. The summed E-state index contributed by atoms with van der Waals surface area (Å²) < 4.78 is 5.83. The summed E-state index contributed by atoms with van der Waals surface area (Å²) in [5.74, 6) is 0.826. The molecule has 1 fully saturated rings. The Morgan fingerprint density at radius 1 is 0.788 bits per heavy atom. The van der Waals surface area contributed by atoms with Gasteiger partial charge in [0.15, 0.2) is 0 Å². The van der Waals surface area contributed by atoms with Crippen LogP contribution >= 0.6 is 0 Å². The van der Waals surface area contributed by atoms with Crippen LogP contribution in [-0.2, 0) is 6.42 Å². The molecule has 3 aromatic carbocycles. The van der Waals surface area contributed by atoms with E-state index in [1.807, 2.05) is 12.1 Å². The Morgan fingerprint density at radius 3 is 1.91 bits per heavy atom. The molecule has 174 valence electrons. The molecule has 4 rings (SSSR count). The summed E-state index contributed by atoms with van der Waals surface area (Å²) in [7, 11) is 0. The van der Waals surface area contributed by atoms with Crippen LogP contribution in [0.15, 0.2) is 84.9 Å². The number of piperazine rings is 1. The summed E-state index contributed by atoms with van der Waals surface area (Å²) in [6.07, 6.45) is 1.74. The van der Waals surface area contributed by atoms with Crippen LogP contribution < -0.4 is 4.74 Å². The first-order valence-electron chi connectivity index (χ1n) is 12.2. The smallest absolute Gasteiger partial charge is 0.119 e. The van der Waals surface area contributed by atoms with Crippen molar-refractivity contribution in [1.29, 1.82) is 0 Å². The first-order valence-corrected chi connectivity index (χ1v) is 12.2. The molecule has 3 aromatic rings. The molecule has 1 heterocycles. The van der Waals surface area contributed by atoms with Crippen molar-refractivity contribution >= 4 is 0 Å². The average Bonchev–Trinajstić information content (AvgIpc) is 2.86. The van der Waals surface area contributed by atoms with Crippen molar-refractivity contribution in [3.63, 3.8) is 0 Å². The molecule has 0 amide bonds. The van der Waals surface area contributed by atoms with Gasteiger partial charge < -0.3 is 9.84 Å². The zero-order valence-electron chi connectivity index (χ0n) is 19.6. The lowest BCUT2D eigenvalue weighted by molar-refractivity contribution is 0.0401. The van der Waals surface area contributed by atoms with E-state index in [-0.39, 0.29) is 6.04 Å². The van der Waals surface area contributed by atoms with E-state index in [2.05, 4.69) is 89.5 Å². The maximum absolute atomic E-state index is 10.6. The molecule has 33 heavy (non-hydrogen) atoms. The molecule has 0 saturated carbocycles. The Hall–Kier alpha value is -2.66. The number of β-amino-alcohol motifs (C(OH)–C–C–N with tert-alkyl or cyclic N) is 1. The molecule has 0 unspecified atom stereocenters. The molecule has 0 bridgehead atoms. The topological polar surface area (TPSA) is 35.9 Å². The van der Waals surface area contributed by atoms with Crippen molar-refractivity contribution in [3.05, 3.63) is 102 Å². The molecule has 0 aromatic heterocycles. The SMILES string of the molecule is CCCc1ccc(OC[C@H](O)CN2CCN(C(c3ccccc3)c3ccccc3)CC2)cc1. The Bertz CT molecular complexity index is 899. The van der Waals surface area contributed by atoms with Gasteiger partial charge in [-0.25, -0.2) is 0 Å². The van der Waals surface area contributed by atoms with Gasteiger partial charge in [0.25, 0.3) is 0 Å². The molecule has 0 spiro atoms. The summed E-state index contributed by atoms with van der Waals surface area (Å²) in [6.45, 7) is 6.98. The van der Waals surface area contributed by atoms with Crippen LogP contribution in [0.1, 0.15) is 36.1 Å². The highest BCUT2D eigenvalue weighted by Gasteiger charge is 2.27. The number of hydrogen-bond acceptors (Lipinski definition) is 4. The standard InChI is InChI=1S/C29H36N2O2/c1-2-9-24-14-16-28(17-15-24)33-23-27(32)22-30-18-20-31(21-19-30)29(25-10-5-3-6-11-25)26-12-7-4-8-13-26/h3-8,10-17,27,29,32H,2,9,18-23H2,1H3/t27-/m1/s1. The molecule has 1 aliphatic rings. The van der Waals surface area contributed by atoms with Crippen LogP contribution in [-0.4, -0.2) is 60.3 Å². The Balaban J connectivity index is 1.28. The van der Waals surface area contributed by atoms with Crippen LogP contribution in [0.2, 0.25) is 0 Å². The Kier molecular flexibility index (Phi) is 8.53. The second-order valence-corrected chi connectivity index (χ2v) is 8.92. The predicted molar refractivity (Wildman–Crippen MR) is 135 cm³/mol. The third-order valence-electron chi connectivity index (χ3n) is 6.38. The molecule has 1 N–H and O–H groups in total. The van der Waals surface area contributed by atoms with Gasteiger partial charge in [-0.05, 0) is 35.2 Å². The van der Waals surface area contributed by atoms with Gasteiger partial charge in [-0.1, -0.05) is 86.1 Å². The largest absolute Gasteiger partial charge is 0.491 e. The molecule has 1 saturated heterocycles. The molecule has 4 nitrogen and oxygen atoms in total. The third-order valence-corrected chi connectivity index (χ3v) is 6.38. The van der Waals surface area contributed by atoms with E-state index in [9.17, 15) is 5.11 Å². The van der Waals surface area contributed by atoms with Crippen LogP contribution in [0.25, 0.3) is 0 Å². The van der Waals surface area contributed by atoms with Gasteiger partial charge in [0.1, 0.15) is 18.5 Å². The van der Waals surface area contributed by atoms with Gasteiger partial charge >= 0.3 is 0 Å². The Labute approximate surface area is 198 Å². The summed E-state index contributed by atoms with van der Waals surface area (Å²) in [6, 6.07) is 30.0. The van der Waals surface area contributed by atoms with Gasteiger partial charge in [-0.2, -0.15) is 0 Å². The van der Waals surface area contributed by atoms with Crippen LogP contribution in [0.4, 0.5) is 0 Å². The molecular weight excluding hydrogens is 408 g/mol. The van der Waals surface area contributed by atoms with E-state index in [1.165, 1.54) is 16.7 Å². The molecule has 0 aliphatic carbocycles. The Morgan fingerprint density at radius 2 is 1.36 bits per heavy atom. The minimum absolute atomic E-state index is 0.262. The maximum Gasteiger partial charge on any atom is 0.119 e. The van der Waals surface area contributed by atoms with Gasteiger partial charge in [-0.3, -0.25) is 9.80 Å². The van der Waals surface area contributed by atoms with E-state index >= 15 is 0 Å². The molecule has 4 heteroatoms. The third kappa shape index (κ3) is 6.67. The van der Waals surface area contributed by atoms with Gasteiger partial charge in [-0.15, -0.1) is 0 Å². The summed E-state index contributed by atoms with van der Waals surface area (Å²) >= 11 is 0. The van der Waals surface area contributed by atoms with Gasteiger partial charge in [0, 0.05) is 32.7 Å². The number of aliphatic hydroxyl groups is 1. The highest BCUT2D eigenvalue weighted by molar-refractivity contribution is 5.32. The van der Waals surface area contributed by atoms with Crippen molar-refractivity contribution in [3.8, 4) is 5.75 Å². The lowest BCUT2D eigenvalue weighted by atomic mass is 9.96. The number of benzene rings is 3. The van der Waals surface area contributed by atoms with Crippen LogP contribution in [0.5, 0.6) is 5.75 Å². The van der Waals surface area contributed by atoms with E-state index < -0.39 is 6.10 Å². The lowest BCUT2D eigenvalue weighted by Crippen LogP contribution is -2.50. The molecule has 1 aliphatic heterocycles. The number of aryl methyl sites for hydroxylation is 1. The van der Waals surface area contributed by atoms with Crippen LogP contribution in [0, 0.1) is 0 Å². The first-order chi connectivity index (χ1) is 16.2. The van der Waals surface area contributed by atoms with Gasteiger partial charge in [0.05, 0.1) is 6.04 Å². The number of hydrogen-bond donors (Lipinski definition) is 1. The first kappa shape index (κ1) is 23.5. The highest BCUT2D eigenvalue weighted by atomic mass is 16.5. The fourth-order valence-electron chi connectivity index (χ4n) is 4.67. The highest BCUT2D eigenvalue weighted by Crippen LogP contribution is 2.29. The van der Waals surface area contributed by atoms with E-state index in [0.29, 0.717) is 13.2 Å². The van der Waals surface area contributed by atoms with E-state index in [0.717, 1.165) is 44.8 Å². The van der Waals surface area contributed by atoms with Crippen molar-refractivity contribution in [2.45, 2.75) is 31.9 Å². The van der Waals surface area contributed by atoms with Crippen molar-refractivity contribution in [2.24, 2.45) is 0 Å². The average molecular weight is 445 g/mol. The lowest BCUT2D eigenvalue weighted by Gasteiger charge is -2.40. The number of ether oxygens (including phenoxy) is 1. The maximum atomic E-state index is 10.6. The number of nitrogens with zero attached hydrogens (tertiary/aromatic N) is 2. The fourth-order valence-corrected chi connectivity index (χ4v) is 4.67. The molecular formula is C29H36N2O2. The van der Waals surface area contributed by atoms with Crippen LogP contribution in [0.3, 0.4) is 0 Å². The fraction of sp³-hybridized carbons (Fsp3) is 0.379. The predicted octanol–water partition coefficient (Wildman–Crippen LogP) is 4.79. The quantitative estimate of drug-likeness (QED) is 0.488. The summed E-state index contributed by atoms with van der Waals surface area (Å²) in [5.41, 5.74) is 3.98. The van der Waals surface area contributed by atoms with Crippen molar-refractivity contribution in [2.75, 3.05) is 39.3 Å². The number of aliphatic hydroxyl groups excluding tert-OH is 1. The summed E-state index contributed by atoms with van der Waals surface area (Å²) in [4.78, 5) is 4.91. The zero-order valence-corrected chi connectivity index (χ0v) is 19.6. The normalized spacial score (nSPS) is 16.1. The molecule has 1 atom stereocenters. The van der Waals surface area contributed by atoms with Crippen molar-refractivity contribution in [1.82, 2.24) is 9.80 Å². The van der Waals surface area contributed by atoms with Gasteiger partial charge in [0.2, 0.25) is 0 Å². The summed E-state index contributed by atoms with van der Waals surface area (Å²) in [5, 5.41) is 10.6. The second kappa shape index (κ2) is 12.0. The minimum Gasteiger partial charge on any atom is -0.491 e. The van der Waals surface area contributed by atoms with Crippen molar-refractivity contribution < 1.29 is 9.84 Å². The monoisotopic (exact) mass is 444 g/mol. The minimum atomic E-state index is -0.495.